The van der Waals surface area contributed by atoms with E-state index in [-0.39, 0.29) is 11.4 Å². The van der Waals surface area contributed by atoms with Gasteiger partial charge in [0.05, 0.1) is 12.0 Å². The quantitative estimate of drug-likeness (QED) is 0.774. The van der Waals surface area contributed by atoms with E-state index >= 15 is 0 Å². The minimum Gasteiger partial charge on any atom is -0.497 e. The van der Waals surface area contributed by atoms with Gasteiger partial charge in [-0.2, -0.15) is 0 Å². The van der Waals surface area contributed by atoms with Gasteiger partial charge >= 0.3 is 0 Å². The van der Waals surface area contributed by atoms with Crippen LogP contribution in [-0.2, 0) is 9.59 Å². The molecule has 2 aromatic rings. The third-order valence-electron chi connectivity index (χ3n) is 4.36. The number of nitrogens with one attached hydrogen (secondary N) is 1. The Morgan fingerprint density at radius 2 is 1.93 bits per heavy atom. The molecule has 0 unspecified atom stereocenters. The van der Waals surface area contributed by atoms with Gasteiger partial charge < -0.3 is 10.1 Å². The molecule has 0 aliphatic carbocycles. The summed E-state index contributed by atoms with van der Waals surface area (Å²) < 4.78 is 5.16. The van der Waals surface area contributed by atoms with E-state index < -0.39 is 17.1 Å². The van der Waals surface area contributed by atoms with Gasteiger partial charge in [-0.05, 0) is 72.6 Å². The van der Waals surface area contributed by atoms with Gasteiger partial charge in [0.25, 0.3) is 11.1 Å². The van der Waals surface area contributed by atoms with Crippen molar-refractivity contribution in [1.29, 1.82) is 0 Å². The third kappa shape index (κ3) is 4.43. The van der Waals surface area contributed by atoms with Crippen LogP contribution >= 0.6 is 11.8 Å². The maximum atomic E-state index is 12.6. The molecule has 144 valence electrons. The predicted octanol–water partition coefficient (Wildman–Crippen LogP) is 3.99. The zero-order valence-electron chi connectivity index (χ0n) is 15.8. The number of nitrogens with zero attached hydrogens (tertiary/aromatic N) is 1. The molecule has 2 aromatic carbocycles. The highest BCUT2D eigenvalue weighted by Crippen LogP contribution is 2.32. The lowest BCUT2D eigenvalue weighted by atomic mass is 10.1. The van der Waals surface area contributed by atoms with Crippen molar-refractivity contribution >= 4 is 40.6 Å². The molecule has 0 spiro atoms. The largest absolute Gasteiger partial charge is 0.497 e. The third-order valence-corrected chi connectivity index (χ3v) is 5.26. The van der Waals surface area contributed by atoms with Crippen LogP contribution in [0.15, 0.2) is 47.4 Å². The van der Waals surface area contributed by atoms with Crippen LogP contribution < -0.4 is 10.1 Å². The lowest BCUT2D eigenvalue weighted by Crippen LogP contribution is -2.36. The van der Waals surface area contributed by atoms with E-state index in [9.17, 15) is 14.4 Å². The summed E-state index contributed by atoms with van der Waals surface area (Å²) in [6, 6.07) is 12.7. The number of methoxy groups -OCH3 is 1. The number of anilines is 1. The maximum absolute atomic E-state index is 12.6. The van der Waals surface area contributed by atoms with Crippen LogP contribution in [0.3, 0.4) is 0 Å². The smallest absolute Gasteiger partial charge is 0.294 e. The zero-order valence-corrected chi connectivity index (χ0v) is 16.6. The van der Waals surface area contributed by atoms with Crippen molar-refractivity contribution in [3.63, 3.8) is 0 Å². The van der Waals surface area contributed by atoms with Gasteiger partial charge in [0.15, 0.2) is 0 Å². The highest BCUT2D eigenvalue weighted by molar-refractivity contribution is 8.18. The zero-order chi connectivity index (χ0) is 20.3. The number of aryl methyl sites for hydroxylation is 2. The van der Waals surface area contributed by atoms with Gasteiger partial charge in [-0.1, -0.05) is 18.2 Å². The van der Waals surface area contributed by atoms with E-state index in [2.05, 4.69) is 5.32 Å². The fraction of sp³-hybridized carbons (Fsp3) is 0.190. The molecule has 7 heteroatoms. The molecule has 0 radical (unpaired) electrons. The predicted molar refractivity (Wildman–Crippen MR) is 110 cm³/mol. The second kappa shape index (κ2) is 8.31. The lowest BCUT2D eigenvalue weighted by Gasteiger charge is -2.13. The van der Waals surface area contributed by atoms with E-state index in [1.54, 1.807) is 37.5 Å². The molecule has 6 nitrogen and oxygen atoms in total. The molecule has 0 saturated carbocycles. The van der Waals surface area contributed by atoms with E-state index in [1.807, 2.05) is 32.0 Å². The molecule has 0 aromatic heterocycles. The monoisotopic (exact) mass is 396 g/mol. The molecule has 28 heavy (non-hydrogen) atoms. The van der Waals surface area contributed by atoms with E-state index in [4.69, 9.17) is 4.74 Å². The molecule has 1 fully saturated rings. The molecular formula is C21H20N2O4S. The van der Waals surface area contributed by atoms with Crippen LogP contribution in [-0.4, -0.2) is 35.6 Å². The molecule has 1 heterocycles. The number of ether oxygens (including phenoxy) is 1. The molecule has 3 rings (SSSR count). The van der Waals surface area contributed by atoms with Gasteiger partial charge in [0.1, 0.15) is 12.3 Å². The van der Waals surface area contributed by atoms with Gasteiger partial charge in [-0.25, -0.2) is 0 Å². The van der Waals surface area contributed by atoms with Crippen molar-refractivity contribution in [2.75, 3.05) is 19.0 Å². The first-order chi connectivity index (χ1) is 13.4. The lowest BCUT2D eigenvalue weighted by molar-refractivity contribution is -0.127. The van der Waals surface area contributed by atoms with E-state index in [0.29, 0.717) is 11.4 Å². The Labute approximate surface area is 167 Å². The van der Waals surface area contributed by atoms with E-state index in [0.717, 1.165) is 33.4 Å². The second-order valence-electron chi connectivity index (χ2n) is 6.39. The number of carbonyl (C=O) groups is 3. The first-order valence-corrected chi connectivity index (χ1v) is 9.45. The number of rotatable bonds is 5. The first-order valence-electron chi connectivity index (χ1n) is 8.64. The summed E-state index contributed by atoms with van der Waals surface area (Å²) in [4.78, 5) is 38.3. The minimum atomic E-state index is -0.479. The van der Waals surface area contributed by atoms with Gasteiger partial charge in [0, 0.05) is 5.69 Å². The van der Waals surface area contributed by atoms with Gasteiger partial charge in [-0.3, -0.25) is 19.3 Å². The molecule has 3 amide bonds. The molecule has 1 N–H and O–H groups in total. The normalized spacial score (nSPS) is 15.2. The Bertz CT molecular complexity index is 984. The Morgan fingerprint density at radius 1 is 1.14 bits per heavy atom. The Kier molecular flexibility index (Phi) is 5.84. The average Bonchev–Trinajstić information content (AvgIpc) is 2.92. The first kappa shape index (κ1) is 19.7. The number of hydrogen-bond acceptors (Lipinski definition) is 5. The minimum absolute atomic E-state index is 0.275. The molecule has 0 bridgehead atoms. The maximum Gasteiger partial charge on any atom is 0.294 e. The summed E-state index contributed by atoms with van der Waals surface area (Å²) in [5.41, 5.74) is 3.54. The summed E-state index contributed by atoms with van der Waals surface area (Å²) in [5.74, 6) is -0.248. The standard InChI is InChI=1S/C21H20N2O4S/c1-13-7-8-16(9-14(13)2)22-19(24)12-23-20(25)18(28-21(23)26)11-15-5-4-6-17(10-15)27-3/h4-11H,12H2,1-3H3,(H,22,24). The summed E-state index contributed by atoms with van der Waals surface area (Å²) in [7, 11) is 1.56. The number of benzene rings is 2. The van der Waals surface area contributed by atoms with Crippen LogP contribution in [0.1, 0.15) is 16.7 Å². The number of amides is 3. The van der Waals surface area contributed by atoms with Crippen LogP contribution in [0.5, 0.6) is 5.75 Å². The number of thioether (sulfide) groups is 1. The highest BCUT2D eigenvalue weighted by Gasteiger charge is 2.36. The Hall–Kier alpha value is -3.06. The molecule has 1 aliphatic heterocycles. The number of imide groups is 1. The van der Waals surface area contributed by atoms with Crippen molar-refractivity contribution in [3.05, 3.63) is 64.1 Å². The highest BCUT2D eigenvalue weighted by atomic mass is 32.2. The van der Waals surface area contributed by atoms with Crippen molar-refractivity contribution < 1.29 is 19.1 Å². The van der Waals surface area contributed by atoms with Crippen molar-refractivity contribution in [2.24, 2.45) is 0 Å². The molecule has 1 aliphatic rings. The van der Waals surface area contributed by atoms with Gasteiger partial charge in [0.2, 0.25) is 5.91 Å². The number of carbonyl (C=O) groups excluding carboxylic acids is 3. The van der Waals surface area contributed by atoms with Crippen molar-refractivity contribution in [3.8, 4) is 5.75 Å². The van der Waals surface area contributed by atoms with Crippen molar-refractivity contribution in [1.82, 2.24) is 4.90 Å². The Morgan fingerprint density at radius 3 is 2.64 bits per heavy atom. The molecule has 0 atom stereocenters. The number of hydrogen-bond donors (Lipinski definition) is 1. The SMILES string of the molecule is COc1cccc(C=C2SC(=O)N(CC(=O)Nc3ccc(C)c(C)c3)C2=O)c1. The summed E-state index contributed by atoms with van der Waals surface area (Å²) in [5, 5.41) is 2.26. The Balaban J connectivity index is 1.70. The fourth-order valence-electron chi connectivity index (χ4n) is 2.68. The van der Waals surface area contributed by atoms with Crippen LogP contribution in [0.2, 0.25) is 0 Å². The average molecular weight is 396 g/mol. The van der Waals surface area contributed by atoms with Crippen LogP contribution in [0.25, 0.3) is 6.08 Å². The van der Waals surface area contributed by atoms with Crippen LogP contribution in [0.4, 0.5) is 10.5 Å². The summed E-state index contributed by atoms with van der Waals surface area (Å²) in [6.07, 6.45) is 1.62. The summed E-state index contributed by atoms with van der Waals surface area (Å²) in [6.45, 7) is 3.60. The van der Waals surface area contributed by atoms with E-state index in [1.165, 1.54) is 0 Å². The van der Waals surface area contributed by atoms with Crippen LogP contribution in [0, 0.1) is 13.8 Å². The van der Waals surface area contributed by atoms with Gasteiger partial charge in [-0.15, -0.1) is 0 Å². The molecule has 1 saturated heterocycles. The fourth-order valence-corrected chi connectivity index (χ4v) is 3.52. The molecular weight excluding hydrogens is 376 g/mol. The van der Waals surface area contributed by atoms with Crippen molar-refractivity contribution in [2.45, 2.75) is 13.8 Å². The summed E-state index contributed by atoms with van der Waals surface area (Å²) >= 11 is 0.821. The second-order valence-corrected chi connectivity index (χ2v) is 7.38. The topological polar surface area (TPSA) is 75.7 Å².